The first-order valence-electron chi connectivity index (χ1n) is 7.08. The predicted molar refractivity (Wildman–Crippen MR) is 87.2 cm³/mol. The van der Waals surface area contributed by atoms with Gasteiger partial charge < -0.3 is 14.6 Å². The summed E-state index contributed by atoms with van der Waals surface area (Å²) >= 11 is 0. The number of aldehydes is 1. The minimum absolute atomic E-state index is 0.128. The van der Waals surface area contributed by atoms with Crippen LogP contribution in [0.15, 0.2) is 54.1 Å². The summed E-state index contributed by atoms with van der Waals surface area (Å²) in [5.41, 5.74) is 0.712. The Balaban J connectivity index is 0.000000253. The van der Waals surface area contributed by atoms with Crippen molar-refractivity contribution in [3.63, 3.8) is 0 Å². The number of benzene rings is 1. The molecule has 0 atom stereocenters. The molecule has 0 unspecified atom stereocenters. The van der Waals surface area contributed by atoms with Gasteiger partial charge in [-0.05, 0) is 18.2 Å². The summed E-state index contributed by atoms with van der Waals surface area (Å²) in [7, 11) is 3.03. The van der Waals surface area contributed by atoms with Crippen LogP contribution in [0.2, 0.25) is 0 Å². The van der Waals surface area contributed by atoms with Gasteiger partial charge >= 0.3 is 5.97 Å². The van der Waals surface area contributed by atoms with Crippen molar-refractivity contribution in [3.05, 3.63) is 59.7 Å². The van der Waals surface area contributed by atoms with Gasteiger partial charge in [0.1, 0.15) is 0 Å². The normalized spacial score (nSPS) is 17.5. The number of methoxy groups -OCH3 is 2. The highest BCUT2D eigenvalue weighted by atomic mass is 16.7. The minimum Gasteiger partial charge on any atom is -0.478 e. The summed E-state index contributed by atoms with van der Waals surface area (Å²) in [6, 6.07) is 8.30. The molecular weight excluding hydrogens is 296 g/mol. The van der Waals surface area contributed by atoms with Crippen molar-refractivity contribution >= 4 is 12.3 Å². The lowest BCUT2D eigenvalue weighted by Gasteiger charge is -2.34. The lowest BCUT2D eigenvalue weighted by atomic mass is 9.83. The zero-order valence-electron chi connectivity index (χ0n) is 13.8. The van der Waals surface area contributed by atoms with Crippen LogP contribution in [-0.4, -0.2) is 37.4 Å². The molecule has 0 saturated carbocycles. The van der Waals surface area contributed by atoms with E-state index in [1.807, 2.05) is 26.0 Å². The fraction of sp³-hybridized carbons (Fsp3) is 0.333. The SMILES string of the molecule is COC1(OC)C=CC(C)(C)C=C1C=O.O=C(O)c1ccccc1. The molecule has 5 heteroatoms. The van der Waals surface area contributed by atoms with E-state index in [4.69, 9.17) is 14.6 Å². The molecule has 0 aromatic heterocycles. The molecule has 0 amide bonds. The number of ether oxygens (including phenoxy) is 2. The number of hydrogen-bond acceptors (Lipinski definition) is 4. The Morgan fingerprint density at radius 2 is 1.65 bits per heavy atom. The van der Waals surface area contributed by atoms with Crippen molar-refractivity contribution in [1.82, 2.24) is 0 Å². The minimum atomic E-state index is -1.00. The topological polar surface area (TPSA) is 72.8 Å². The average molecular weight is 318 g/mol. The summed E-state index contributed by atoms with van der Waals surface area (Å²) in [6.45, 7) is 4.03. The smallest absolute Gasteiger partial charge is 0.335 e. The van der Waals surface area contributed by atoms with E-state index < -0.39 is 11.8 Å². The molecule has 5 nitrogen and oxygen atoms in total. The first kappa shape index (κ1) is 18.8. The summed E-state index contributed by atoms with van der Waals surface area (Å²) in [5.74, 6) is -1.88. The van der Waals surface area contributed by atoms with Crippen LogP contribution < -0.4 is 0 Å². The molecule has 1 aliphatic rings. The Morgan fingerprint density at radius 3 is 2.04 bits per heavy atom. The number of hydrogen-bond donors (Lipinski definition) is 1. The Bertz CT molecular complexity index is 595. The molecule has 0 radical (unpaired) electrons. The Kier molecular flexibility index (Phi) is 6.42. The Labute approximate surface area is 136 Å². The Hall–Kier alpha value is -2.24. The van der Waals surface area contributed by atoms with E-state index in [-0.39, 0.29) is 5.41 Å². The number of carbonyl (C=O) groups is 2. The van der Waals surface area contributed by atoms with E-state index in [0.717, 1.165) is 6.29 Å². The first-order chi connectivity index (χ1) is 10.8. The molecular formula is C18H22O5. The third-order valence-corrected chi connectivity index (χ3v) is 3.42. The van der Waals surface area contributed by atoms with E-state index in [1.54, 1.807) is 36.4 Å². The number of allylic oxidation sites excluding steroid dienone is 2. The zero-order chi connectivity index (χ0) is 17.5. The molecule has 0 heterocycles. The van der Waals surface area contributed by atoms with Gasteiger partial charge in [-0.25, -0.2) is 4.79 Å². The van der Waals surface area contributed by atoms with Crippen molar-refractivity contribution < 1.29 is 24.2 Å². The fourth-order valence-corrected chi connectivity index (χ4v) is 2.12. The second-order valence-electron chi connectivity index (χ2n) is 5.62. The lowest BCUT2D eigenvalue weighted by molar-refractivity contribution is -0.148. The van der Waals surface area contributed by atoms with Crippen molar-refractivity contribution in [1.29, 1.82) is 0 Å². The highest BCUT2D eigenvalue weighted by molar-refractivity contribution is 5.87. The molecule has 23 heavy (non-hydrogen) atoms. The highest BCUT2D eigenvalue weighted by Gasteiger charge is 2.36. The van der Waals surface area contributed by atoms with E-state index in [0.29, 0.717) is 11.1 Å². The summed E-state index contributed by atoms with van der Waals surface area (Å²) in [6.07, 6.45) is 6.37. The third kappa shape index (κ3) is 4.87. The van der Waals surface area contributed by atoms with Gasteiger partial charge in [0.15, 0.2) is 6.29 Å². The van der Waals surface area contributed by atoms with Gasteiger partial charge in [0, 0.05) is 19.6 Å². The summed E-state index contributed by atoms with van der Waals surface area (Å²) in [5, 5.41) is 8.38. The molecule has 1 aromatic rings. The van der Waals surface area contributed by atoms with Crippen LogP contribution in [0, 0.1) is 5.41 Å². The molecule has 0 aliphatic heterocycles. The van der Waals surface area contributed by atoms with Crippen LogP contribution in [0.1, 0.15) is 24.2 Å². The van der Waals surface area contributed by atoms with E-state index in [2.05, 4.69) is 0 Å². The lowest BCUT2D eigenvalue weighted by Crippen LogP contribution is -2.38. The van der Waals surface area contributed by atoms with E-state index >= 15 is 0 Å². The third-order valence-electron chi connectivity index (χ3n) is 3.42. The molecule has 1 N–H and O–H groups in total. The monoisotopic (exact) mass is 318 g/mol. The van der Waals surface area contributed by atoms with Gasteiger partial charge in [-0.3, -0.25) is 4.79 Å². The van der Waals surface area contributed by atoms with Crippen molar-refractivity contribution in [2.75, 3.05) is 14.2 Å². The van der Waals surface area contributed by atoms with Gasteiger partial charge in [0.2, 0.25) is 5.79 Å². The van der Waals surface area contributed by atoms with Crippen LogP contribution in [-0.2, 0) is 14.3 Å². The van der Waals surface area contributed by atoms with Crippen LogP contribution in [0.5, 0.6) is 0 Å². The fourth-order valence-electron chi connectivity index (χ4n) is 2.12. The van der Waals surface area contributed by atoms with Gasteiger partial charge in [-0.1, -0.05) is 44.2 Å². The first-order valence-corrected chi connectivity index (χ1v) is 7.08. The molecule has 0 saturated heterocycles. The molecule has 0 spiro atoms. The second-order valence-corrected chi connectivity index (χ2v) is 5.62. The van der Waals surface area contributed by atoms with Gasteiger partial charge in [0.25, 0.3) is 0 Å². The predicted octanol–water partition coefficient (Wildman–Crippen LogP) is 3.08. The number of carboxylic acids is 1. The molecule has 2 rings (SSSR count). The maximum atomic E-state index is 10.9. The molecule has 0 bridgehead atoms. The van der Waals surface area contributed by atoms with Crippen molar-refractivity contribution in [2.45, 2.75) is 19.6 Å². The van der Waals surface area contributed by atoms with Crippen LogP contribution >= 0.6 is 0 Å². The van der Waals surface area contributed by atoms with Crippen LogP contribution in [0.4, 0.5) is 0 Å². The standard InChI is InChI=1S/C11H16O3.C7H6O2/c1-10(2)5-6-11(13-3,14-4)9(7-10)8-12;8-7(9)6-4-2-1-3-5-6/h5-8H,1-4H3;1-5H,(H,8,9). The number of rotatable bonds is 4. The molecule has 0 fully saturated rings. The second kappa shape index (κ2) is 7.85. The maximum Gasteiger partial charge on any atom is 0.335 e. The number of carbonyl (C=O) groups excluding carboxylic acids is 1. The summed E-state index contributed by atoms with van der Waals surface area (Å²) < 4.78 is 10.4. The maximum absolute atomic E-state index is 10.9. The van der Waals surface area contributed by atoms with Crippen molar-refractivity contribution in [3.8, 4) is 0 Å². The number of aromatic carboxylic acids is 1. The quantitative estimate of drug-likeness (QED) is 0.525. The van der Waals surface area contributed by atoms with Crippen LogP contribution in [0.25, 0.3) is 0 Å². The summed E-state index contributed by atoms with van der Waals surface area (Å²) in [4.78, 5) is 21.1. The molecule has 1 aromatic carbocycles. The zero-order valence-corrected chi connectivity index (χ0v) is 13.8. The number of carboxylic acid groups (broad SMARTS) is 1. The van der Waals surface area contributed by atoms with Gasteiger partial charge in [-0.2, -0.15) is 0 Å². The molecule has 1 aliphatic carbocycles. The highest BCUT2D eigenvalue weighted by Crippen LogP contribution is 2.34. The van der Waals surface area contributed by atoms with Gasteiger partial charge in [-0.15, -0.1) is 0 Å². The van der Waals surface area contributed by atoms with Crippen LogP contribution in [0.3, 0.4) is 0 Å². The Morgan fingerprint density at radius 1 is 1.09 bits per heavy atom. The van der Waals surface area contributed by atoms with Crippen molar-refractivity contribution in [2.24, 2.45) is 5.41 Å². The largest absolute Gasteiger partial charge is 0.478 e. The molecule has 124 valence electrons. The van der Waals surface area contributed by atoms with E-state index in [1.165, 1.54) is 14.2 Å². The average Bonchev–Trinajstić information content (AvgIpc) is 2.56. The van der Waals surface area contributed by atoms with Gasteiger partial charge in [0.05, 0.1) is 11.1 Å². The van der Waals surface area contributed by atoms with E-state index in [9.17, 15) is 9.59 Å².